The van der Waals surface area contributed by atoms with Crippen LogP contribution in [0.1, 0.15) is 5.56 Å². The van der Waals surface area contributed by atoms with Crippen LogP contribution in [0.15, 0.2) is 29.4 Å². The number of nitrogens with one attached hydrogen (secondary N) is 1. The molecule has 0 fully saturated rings. The molecule has 0 atom stereocenters. The van der Waals surface area contributed by atoms with Gasteiger partial charge in [-0.1, -0.05) is 23.9 Å². The van der Waals surface area contributed by atoms with E-state index in [-0.39, 0.29) is 0 Å². The van der Waals surface area contributed by atoms with Gasteiger partial charge in [-0.05, 0) is 40.3 Å². The van der Waals surface area contributed by atoms with Gasteiger partial charge in [0.1, 0.15) is 0 Å². The normalized spacial score (nSPS) is 10.5. The highest BCUT2D eigenvalue weighted by atomic mass is 127. The smallest absolute Gasteiger partial charge is 0.216 e. The van der Waals surface area contributed by atoms with Gasteiger partial charge in [0.25, 0.3) is 0 Å². The van der Waals surface area contributed by atoms with Crippen LogP contribution < -0.4 is 5.73 Å². The van der Waals surface area contributed by atoms with Crippen molar-refractivity contribution in [2.24, 2.45) is 0 Å². The van der Waals surface area contributed by atoms with Gasteiger partial charge in [-0.15, -0.1) is 5.10 Å². The van der Waals surface area contributed by atoms with E-state index in [1.54, 1.807) is 11.8 Å². The van der Waals surface area contributed by atoms with Crippen LogP contribution in [0.25, 0.3) is 0 Å². The molecule has 0 aliphatic heterocycles. The fourth-order valence-corrected chi connectivity index (χ4v) is 2.17. The third-order valence-corrected chi connectivity index (χ3v) is 3.40. The molecule has 15 heavy (non-hydrogen) atoms. The summed E-state index contributed by atoms with van der Waals surface area (Å²) < 4.78 is 1.24. The molecule has 1 heterocycles. The molecule has 0 saturated carbocycles. The van der Waals surface area contributed by atoms with Crippen molar-refractivity contribution in [1.82, 2.24) is 15.2 Å². The SMILES string of the molecule is Nc1nc(SCc2ccc(I)cc2)n[nH]1. The van der Waals surface area contributed by atoms with Crippen molar-refractivity contribution in [2.75, 3.05) is 5.73 Å². The number of halogens is 1. The van der Waals surface area contributed by atoms with Crippen LogP contribution in [0.3, 0.4) is 0 Å². The van der Waals surface area contributed by atoms with Crippen molar-refractivity contribution in [3.63, 3.8) is 0 Å². The molecule has 3 N–H and O–H groups in total. The van der Waals surface area contributed by atoms with E-state index >= 15 is 0 Å². The number of hydrogen-bond acceptors (Lipinski definition) is 4. The molecule has 0 saturated heterocycles. The van der Waals surface area contributed by atoms with Crippen LogP contribution in [-0.4, -0.2) is 15.2 Å². The summed E-state index contributed by atoms with van der Waals surface area (Å²) >= 11 is 3.85. The zero-order chi connectivity index (χ0) is 10.7. The maximum atomic E-state index is 5.42. The summed E-state index contributed by atoms with van der Waals surface area (Å²) in [7, 11) is 0. The van der Waals surface area contributed by atoms with E-state index in [4.69, 9.17) is 5.73 Å². The van der Waals surface area contributed by atoms with Crippen molar-refractivity contribution in [3.8, 4) is 0 Å². The second-order valence-electron chi connectivity index (χ2n) is 2.92. The van der Waals surface area contributed by atoms with Gasteiger partial charge in [0.2, 0.25) is 11.1 Å². The van der Waals surface area contributed by atoms with Crippen molar-refractivity contribution in [1.29, 1.82) is 0 Å². The minimum absolute atomic E-state index is 0.361. The molecule has 1 aromatic carbocycles. The number of hydrogen-bond donors (Lipinski definition) is 2. The topological polar surface area (TPSA) is 67.6 Å². The summed E-state index contributed by atoms with van der Waals surface area (Å²) in [6.07, 6.45) is 0. The number of rotatable bonds is 3. The second kappa shape index (κ2) is 4.84. The second-order valence-corrected chi connectivity index (χ2v) is 5.11. The molecule has 0 spiro atoms. The summed E-state index contributed by atoms with van der Waals surface area (Å²) in [5, 5.41) is 7.24. The first kappa shape index (κ1) is 10.7. The number of benzene rings is 1. The highest BCUT2D eigenvalue weighted by molar-refractivity contribution is 14.1. The van der Waals surface area contributed by atoms with Gasteiger partial charge in [-0.2, -0.15) is 4.98 Å². The lowest BCUT2D eigenvalue weighted by molar-refractivity contribution is 0.973. The Morgan fingerprint density at radius 1 is 1.33 bits per heavy atom. The minimum Gasteiger partial charge on any atom is -0.368 e. The van der Waals surface area contributed by atoms with E-state index in [9.17, 15) is 0 Å². The third kappa shape index (κ3) is 3.10. The van der Waals surface area contributed by atoms with E-state index in [2.05, 4.69) is 62.0 Å². The van der Waals surface area contributed by atoms with Crippen LogP contribution in [0, 0.1) is 3.57 Å². The number of nitrogens with two attached hydrogens (primary N) is 1. The highest BCUT2D eigenvalue weighted by Crippen LogP contribution is 2.19. The van der Waals surface area contributed by atoms with Gasteiger partial charge in [0, 0.05) is 9.32 Å². The molecular weight excluding hydrogens is 323 g/mol. The van der Waals surface area contributed by atoms with Gasteiger partial charge >= 0.3 is 0 Å². The maximum absolute atomic E-state index is 5.42. The van der Waals surface area contributed by atoms with Crippen LogP contribution in [0.4, 0.5) is 5.95 Å². The molecule has 2 aromatic rings. The number of nitrogen functional groups attached to an aromatic ring is 1. The average Bonchev–Trinajstić information content (AvgIpc) is 2.64. The van der Waals surface area contributed by atoms with Gasteiger partial charge < -0.3 is 5.73 Å². The van der Waals surface area contributed by atoms with Crippen molar-refractivity contribution >= 4 is 40.3 Å². The summed E-state index contributed by atoms with van der Waals surface area (Å²) in [4.78, 5) is 4.02. The predicted octanol–water partition coefficient (Wildman–Crippen LogP) is 2.28. The van der Waals surface area contributed by atoms with Crippen LogP contribution in [-0.2, 0) is 5.75 Å². The van der Waals surface area contributed by atoms with E-state index in [1.165, 1.54) is 9.13 Å². The van der Waals surface area contributed by atoms with Crippen molar-refractivity contribution in [3.05, 3.63) is 33.4 Å². The Morgan fingerprint density at radius 3 is 2.67 bits per heavy atom. The zero-order valence-electron chi connectivity index (χ0n) is 7.77. The molecule has 0 aliphatic carbocycles. The lowest BCUT2D eigenvalue weighted by atomic mass is 10.2. The zero-order valence-corrected chi connectivity index (χ0v) is 10.7. The first-order valence-electron chi connectivity index (χ1n) is 4.29. The summed E-state index contributed by atoms with van der Waals surface area (Å²) in [5.74, 6) is 1.22. The number of H-pyrrole nitrogens is 1. The first-order valence-corrected chi connectivity index (χ1v) is 6.35. The number of aromatic amines is 1. The maximum Gasteiger partial charge on any atom is 0.216 e. The number of aromatic nitrogens is 3. The number of anilines is 1. The fourth-order valence-electron chi connectivity index (χ4n) is 1.05. The summed E-state index contributed by atoms with van der Waals surface area (Å²) in [6, 6.07) is 8.38. The van der Waals surface area contributed by atoms with Crippen LogP contribution in [0.2, 0.25) is 0 Å². The lowest BCUT2D eigenvalue weighted by Crippen LogP contribution is -1.85. The Kier molecular flexibility index (Phi) is 3.47. The minimum atomic E-state index is 0.361. The van der Waals surface area contributed by atoms with Crippen molar-refractivity contribution in [2.45, 2.75) is 10.9 Å². The fraction of sp³-hybridized carbons (Fsp3) is 0.111. The van der Waals surface area contributed by atoms with E-state index in [0.29, 0.717) is 11.1 Å². The number of thioether (sulfide) groups is 1. The Balaban J connectivity index is 1.96. The summed E-state index contributed by atoms with van der Waals surface area (Å²) in [6.45, 7) is 0. The third-order valence-electron chi connectivity index (χ3n) is 1.76. The van der Waals surface area contributed by atoms with Gasteiger partial charge in [0.15, 0.2) is 0 Å². The van der Waals surface area contributed by atoms with E-state index < -0.39 is 0 Å². The molecule has 0 bridgehead atoms. The molecule has 2 rings (SSSR count). The van der Waals surface area contributed by atoms with Crippen LogP contribution in [0.5, 0.6) is 0 Å². The van der Waals surface area contributed by atoms with Crippen LogP contribution >= 0.6 is 34.4 Å². The average molecular weight is 332 g/mol. The lowest BCUT2D eigenvalue weighted by Gasteiger charge is -1.98. The quantitative estimate of drug-likeness (QED) is 0.668. The predicted molar refractivity (Wildman–Crippen MR) is 69.5 cm³/mol. The van der Waals surface area contributed by atoms with Gasteiger partial charge in [0.05, 0.1) is 0 Å². The molecule has 4 nitrogen and oxygen atoms in total. The summed E-state index contributed by atoms with van der Waals surface area (Å²) in [5.41, 5.74) is 6.68. The molecule has 0 radical (unpaired) electrons. The molecule has 0 unspecified atom stereocenters. The van der Waals surface area contributed by atoms with E-state index in [1.807, 2.05) is 0 Å². The molecular formula is C9H9IN4S. The standard InChI is InChI=1S/C9H9IN4S/c10-7-3-1-6(2-4-7)5-15-9-12-8(11)13-14-9/h1-4H,5H2,(H3,11,12,13,14). The Hall–Kier alpha value is -0.760. The molecule has 0 aliphatic rings. The Labute approximate surface area is 105 Å². The first-order chi connectivity index (χ1) is 7.24. The number of nitrogens with zero attached hydrogens (tertiary/aromatic N) is 2. The Bertz CT molecular complexity index is 440. The van der Waals surface area contributed by atoms with Gasteiger partial charge in [-0.25, -0.2) is 5.10 Å². The molecule has 6 heteroatoms. The molecule has 78 valence electrons. The van der Waals surface area contributed by atoms with E-state index in [0.717, 1.165) is 5.75 Å². The largest absolute Gasteiger partial charge is 0.368 e. The Morgan fingerprint density at radius 2 is 2.07 bits per heavy atom. The van der Waals surface area contributed by atoms with Gasteiger partial charge in [-0.3, -0.25) is 0 Å². The molecule has 1 aromatic heterocycles. The highest BCUT2D eigenvalue weighted by Gasteiger charge is 2.01. The monoisotopic (exact) mass is 332 g/mol. The molecule has 0 amide bonds. The van der Waals surface area contributed by atoms with Crippen molar-refractivity contribution < 1.29 is 0 Å².